The zero-order chi connectivity index (χ0) is 20.9. The third kappa shape index (κ3) is 5.33. The molecule has 6 nitrogen and oxygen atoms in total. The summed E-state index contributed by atoms with van der Waals surface area (Å²) in [6, 6.07) is 11.4. The number of benzene rings is 1. The zero-order valence-electron chi connectivity index (χ0n) is 16.2. The Bertz CT molecular complexity index is 1130. The molecule has 0 unspecified atom stereocenters. The largest absolute Gasteiger partial charge is 0.356 e. The number of aromatic nitrogens is 3. The summed E-state index contributed by atoms with van der Waals surface area (Å²) in [4.78, 5) is 23.4. The van der Waals surface area contributed by atoms with Gasteiger partial charge in [-0.15, -0.1) is 22.7 Å². The van der Waals surface area contributed by atoms with Gasteiger partial charge in [0.2, 0.25) is 17.6 Å². The van der Waals surface area contributed by atoms with Gasteiger partial charge in [-0.2, -0.15) is 4.98 Å². The molecule has 30 heavy (non-hydrogen) atoms. The number of rotatable bonds is 8. The van der Waals surface area contributed by atoms with Crippen LogP contribution in [-0.4, -0.2) is 27.6 Å². The number of hydrogen-bond acceptors (Lipinski definition) is 7. The average molecular weight is 459 g/mol. The van der Waals surface area contributed by atoms with Crippen LogP contribution in [-0.2, 0) is 17.6 Å². The minimum atomic E-state index is -0.0341. The van der Waals surface area contributed by atoms with Crippen molar-refractivity contribution < 1.29 is 9.32 Å². The number of nitrogens with zero attached hydrogens (tertiary/aromatic N) is 3. The van der Waals surface area contributed by atoms with E-state index in [1.807, 2.05) is 19.1 Å². The lowest BCUT2D eigenvalue weighted by atomic mass is 10.2. The highest BCUT2D eigenvalue weighted by atomic mass is 35.5. The Labute approximate surface area is 186 Å². The first kappa shape index (κ1) is 20.7. The van der Waals surface area contributed by atoms with Crippen molar-refractivity contribution in [3.05, 3.63) is 62.6 Å². The number of thiazole rings is 1. The van der Waals surface area contributed by atoms with Gasteiger partial charge in [-0.3, -0.25) is 4.79 Å². The molecule has 0 bridgehead atoms. The summed E-state index contributed by atoms with van der Waals surface area (Å²) < 4.78 is 5.24. The summed E-state index contributed by atoms with van der Waals surface area (Å²) in [7, 11) is 0. The van der Waals surface area contributed by atoms with Crippen molar-refractivity contribution in [2.45, 2.75) is 26.2 Å². The average Bonchev–Trinajstić information content (AvgIpc) is 3.48. The van der Waals surface area contributed by atoms with Crippen LogP contribution in [0, 0.1) is 6.92 Å². The first-order chi connectivity index (χ1) is 14.6. The summed E-state index contributed by atoms with van der Waals surface area (Å²) in [6.45, 7) is 2.60. The standard InChI is InChI=1S/C21H19ClN4O2S2/c1-13-24-17(12-29-13)18-7-6-16(30-18)10-11-23-19(27)8-9-20-25-21(26-28-20)14-2-4-15(22)5-3-14/h2-7,12H,8-11H2,1H3,(H,23,27). The van der Waals surface area contributed by atoms with Gasteiger partial charge in [-0.05, 0) is 49.7 Å². The van der Waals surface area contributed by atoms with E-state index in [0.29, 0.717) is 36.1 Å². The van der Waals surface area contributed by atoms with Gasteiger partial charge < -0.3 is 9.84 Å². The fraction of sp³-hybridized carbons (Fsp3) is 0.238. The van der Waals surface area contributed by atoms with Crippen molar-refractivity contribution in [1.82, 2.24) is 20.4 Å². The maximum atomic E-state index is 12.1. The van der Waals surface area contributed by atoms with Gasteiger partial charge in [0.05, 0.1) is 15.6 Å². The highest BCUT2D eigenvalue weighted by Crippen LogP contribution is 2.29. The number of carbonyl (C=O) groups is 1. The molecule has 0 aliphatic rings. The van der Waals surface area contributed by atoms with Gasteiger partial charge in [0.1, 0.15) is 0 Å². The minimum absolute atomic E-state index is 0.0341. The number of amides is 1. The molecule has 0 fully saturated rings. The van der Waals surface area contributed by atoms with Crippen LogP contribution < -0.4 is 5.32 Å². The lowest BCUT2D eigenvalue weighted by Crippen LogP contribution is -2.25. The quantitative estimate of drug-likeness (QED) is 0.393. The molecule has 0 atom stereocenters. The summed E-state index contributed by atoms with van der Waals surface area (Å²) in [6.07, 6.45) is 1.50. The van der Waals surface area contributed by atoms with Crippen molar-refractivity contribution >= 4 is 40.2 Å². The lowest BCUT2D eigenvalue weighted by molar-refractivity contribution is -0.121. The highest BCUT2D eigenvalue weighted by Gasteiger charge is 2.11. The normalized spacial score (nSPS) is 11.0. The summed E-state index contributed by atoms with van der Waals surface area (Å²) in [5.41, 5.74) is 1.84. The van der Waals surface area contributed by atoms with Gasteiger partial charge in [-0.1, -0.05) is 16.8 Å². The lowest BCUT2D eigenvalue weighted by Gasteiger charge is -2.02. The summed E-state index contributed by atoms with van der Waals surface area (Å²) >= 11 is 9.25. The molecule has 1 aromatic carbocycles. The Morgan fingerprint density at radius 1 is 1.13 bits per heavy atom. The highest BCUT2D eigenvalue weighted by molar-refractivity contribution is 7.16. The van der Waals surface area contributed by atoms with E-state index in [4.69, 9.17) is 16.1 Å². The van der Waals surface area contributed by atoms with E-state index in [1.165, 1.54) is 4.88 Å². The predicted molar refractivity (Wildman–Crippen MR) is 120 cm³/mol. The second-order valence-corrected chi connectivity index (χ2v) is 9.30. The molecule has 0 radical (unpaired) electrons. The number of carbonyl (C=O) groups excluding carboxylic acids is 1. The summed E-state index contributed by atoms with van der Waals surface area (Å²) in [5.74, 6) is 0.899. The topological polar surface area (TPSA) is 80.9 Å². The van der Waals surface area contributed by atoms with Crippen LogP contribution >= 0.6 is 34.3 Å². The van der Waals surface area contributed by atoms with Crippen LogP contribution in [0.4, 0.5) is 0 Å². The predicted octanol–water partition coefficient (Wildman–Crippen LogP) is 5.17. The molecule has 0 aliphatic carbocycles. The van der Waals surface area contributed by atoms with Crippen LogP contribution in [0.3, 0.4) is 0 Å². The van der Waals surface area contributed by atoms with Gasteiger partial charge in [-0.25, -0.2) is 4.98 Å². The third-order valence-electron chi connectivity index (χ3n) is 4.36. The number of halogens is 1. The number of hydrogen-bond donors (Lipinski definition) is 1. The van der Waals surface area contributed by atoms with Crippen LogP contribution in [0.2, 0.25) is 5.02 Å². The maximum Gasteiger partial charge on any atom is 0.227 e. The number of nitrogens with one attached hydrogen (secondary N) is 1. The van der Waals surface area contributed by atoms with E-state index in [1.54, 1.807) is 34.8 Å². The fourth-order valence-corrected chi connectivity index (χ4v) is 4.61. The molecule has 3 heterocycles. The van der Waals surface area contributed by atoms with Gasteiger partial charge in [0.15, 0.2) is 0 Å². The maximum absolute atomic E-state index is 12.1. The first-order valence-corrected chi connectivity index (χ1v) is 11.5. The Morgan fingerprint density at radius 3 is 2.73 bits per heavy atom. The SMILES string of the molecule is Cc1nc(-c2ccc(CCNC(=O)CCc3nc(-c4ccc(Cl)cc4)no3)s2)cs1. The minimum Gasteiger partial charge on any atom is -0.356 e. The fourth-order valence-electron chi connectivity index (χ4n) is 2.83. The molecule has 4 rings (SSSR count). The molecule has 1 N–H and O–H groups in total. The summed E-state index contributed by atoms with van der Waals surface area (Å²) in [5, 5.41) is 10.7. The molecule has 3 aromatic heterocycles. The van der Waals surface area contributed by atoms with Crippen molar-refractivity contribution in [2.24, 2.45) is 0 Å². The smallest absolute Gasteiger partial charge is 0.227 e. The van der Waals surface area contributed by atoms with Gasteiger partial charge in [0, 0.05) is 40.2 Å². The molecule has 9 heteroatoms. The zero-order valence-corrected chi connectivity index (χ0v) is 18.6. The molecule has 154 valence electrons. The molecule has 4 aromatic rings. The molecular formula is C21H19ClN4O2S2. The molecular weight excluding hydrogens is 440 g/mol. The number of aryl methyl sites for hydroxylation is 2. The Balaban J connectivity index is 1.21. The monoisotopic (exact) mass is 458 g/mol. The molecule has 0 aliphatic heterocycles. The van der Waals surface area contributed by atoms with Crippen LogP contribution in [0.1, 0.15) is 22.2 Å². The van der Waals surface area contributed by atoms with Gasteiger partial charge >= 0.3 is 0 Å². The van der Waals surface area contributed by atoms with Gasteiger partial charge in [0.25, 0.3) is 0 Å². The molecule has 0 spiro atoms. The van der Waals surface area contributed by atoms with E-state index < -0.39 is 0 Å². The van der Waals surface area contributed by atoms with Crippen molar-refractivity contribution in [1.29, 1.82) is 0 Å². The number of thiophene rings is 1. The van der Waals surface area contributed by atoms with E-state index in [2.05, 4.69) is 38.0 Å². The Hall–Kier alpha value is -2.55. The third-order valence-corrected chi connectivity index (χ3v) is 6.56. The van der Waals surface area contributed by atoms with E-state index >= 15 is 0 Å². The second-order valence-electron chi connectivity index (χ2n) is 6.64. The Morgan fingerprint density at radius 2 is 1.97 bits per heavy atom. The van der Waals surface area contributed by atoms with E-state index in [-0.39, 0.29) is 5.91 Å². The van der Waals surface area contributed by atoms with Crippen molar-refractivity contribution in [3.8, 4) is 22.0 Å². The molecule has 0 saturated carbocycles. The molecule has 0 saturated heterocycles. The van der Waals surface area contributed by atoms with Crippen LogP contribution in [0.25, 0.3) is 22.0 Å². The molecule has 1 amide bonds. The van der Waals surface area contributed by atoms with Crippen LogP contribution in [0.5, 0.6) is 0 Å². The van der Waals surface area contributed by atoms with E-state index in [0.717, 1.165) is 27.6 Å². The Kier molecular flexibility index (Phi) is 6.56. The second kappa shape index (κ2) is 9.51. The first-order valence-electron chi connectivity index (χ1n) is 9.43. The van der Waals surface area contributed by atoms with Crippen molar-refractivity contribution in [2.75, 3.05) is 6.54 Å². The van der Waals surface area contributed by atoms with Crippen LogP contribution in [0.15, 0.2) is 46.3 Å². The van der Waals surface area contributed by atoms with E-state index in [9.17, 15) is 4.79 Å². The van der Waals surface area contributed by atoms with Crippen molar-refractivity contribution in [3.63, 3.8) is 0 Å².